The molecule has 1 atom stereocenters. The Bertz CT molecular complexity index is 436. The van der Waals surface area contributed by atoms with E-state index in [-0.39, 0.29) is 11.7 Å². The Morgan fingerprint density at radius 3 is 3.05 bits per heavy atom. The van der Waals surface area contributed by atoms with E-state index in [1.807, 2.05) is 0 Å². The summed E-state index contributed by atoms with van der Waals surface area (Å²) in [4.78, 5) is 21.4. The highest BCUT2D eigenvalue weighted by Crippen LogP contribution is 2.16. The Labute approximate surface area is 112 Å². The molecule has 1 aromatic rings. The summed E-state index contributed by atoms with van der Waals surface area (Å²) in [5, 5.41) is 12.3. The van der Waals surface area contributed by atoms with Crippen molar-refractivity contribution in [3.8, 4) is 0 Å². The van der Waals surface area contributed by atoms with Crippen LogP contribution in [0.15, 0.2) is 12.4 Å². The fourth-order valence-electron chi connectivity index (χ4n) is 2.49. The fraction of sp³-hybridized carbons (Fsp3) is 0.615. The van der Waals surface area contributed by atoms with Crippen LogP contribution in [0.25, 0.3) is 0 Å². The molecular weight excluding hydrogens is 244 g/mol. The lowest BCUT2D eigenvalue weighted by Crippen LogP contribution is -2.42. The van der Waals surface area contributed by atoms with Crippen LogP contribution in [0.4, 0.5) is 5.82 Å². The van der Waals surface area contributed by atoms with Gasteiger partial charge in [0, 0.05) is 25.0 Å². The van der Waals surface area contributed by atoms with E-state index in [0.29, 0.717) is 5.82 Å². The van der Waals surface area contributed by atoms with Crippen LogP contribution in [0.5, 0.6) is 0 Å². The first-order chi connectivity index (χ1) is 9.20. The van der Waals surface area contributed by atoms with Crippen molar-refractivity contribution in [2.24, 2.45) is 0 Å². The van der Waals surface area contributed by atoms with E-state index in [9.17, 15) is 4.79 Å². The number of carboxylic acids is 1. The summed E-state index contributed by atoms with van der Waals surface area (Å²) >= 11 is 0. The fourth-order valence-corrected chi connectivity index (χ4v) is 2.49. The van der Waals surface area contributed by atoms with Gasteiger partial charge in [0.05, 0.1) is 0 Å². The van der Waals surface area contributed by atoms with Crippen molar-refractivity contribution < 1.29 is 9.90 Å². The topological polar surface area (TPSA) is 78.3 Å². The lowest BCUT2D eigenvalue weighted by atomic mass is 10.1. The number of aromatic nitrogens is 2. The maximum atomic E-state index is 11.1. The molecule has 0 aromatic carbocycles. The SMILES string of the molecule is CCCN1CCCC(Nc2nccnc2C(=O)O)C1. The normalized spacial score (nSPS) is 20.2. The number of hydrogen-bond acceptors (Lipinski definition) is 5. The molecule has 6 heteroatoms. The van der Waals surface area contributed by atoms with E-state index in [0.717, 1.165) is 38.9 Å². The minimum atomic E-state index is -1.04. The zero-order valence-corrected chi connectivity index (χ0v) is 11.2. The maximum absolute atomic E-state index is 11.1. The summed E-state index contributed by atoms with van der Waals surface area (Å²) in [6.45, 7) is 5.31. The van der Waals surface area contributed by atoms with Crippen LogP contribution >= 0.6 is 0 Å². The van der Waals surface area contributed by atoms with Crippen molar-refractivity contribution in [2.75, 3.05) is 25.0 Å². The number of nitrogens with one attached hydrogen (secondary N) is 1. The molecule has 19 heavy (non-hydrogen) atoms. The van der Waals surface area contributed by atoms with Crippen LogP contribution in [-0.4, -0.2) is 51.6 Å². The molecule has 1 saturated heterocycles. The molecule has 1 aliphatic rings. The monoisotopic (exact) mass is 264 g/mol. The standard InChI is InChI=1S/C13H20N4O2/c1-2-7-17-8-3-4-10(9-17)16-12-11(13(18)19)14-5-6-15-12/h5-6,10H,2-4,7-9H2,1H3,(H,15,16)(H,18,19). The van der Waals surface area contributed by atoms with Crippen molar-refractivity contribution in [3.63, 3.8) is 0 Å². The highest BCUT2D eigenvalue weighted by atomic mass is 16.4. The van der Waals surface area contributed by atoms with E-state index in [1.165, 1.54) is 12.4 Å². The second-order valence-corrected chi connectivity index (χ2v) is 4.84. The smallest absolute Gasteiger partial charge is 0.358 e. The second kappa shape index (κ2) is 6.47. The number of likely N-dealkylation sites (tertiary alicyclic amines) is 1. The van der Waals surface area contributed by atoms with Crippen LogP contribution in [0.3, 0.4) is 0 Å². The van der Waals surface area contributed by atoms with Gasteiger partial charge in [-0.3, -0.25) is 0 Å². The summed E-state index contributed by atoms with van der Waals surface area (Å²) in [7, 11) is 0. The molecule has 0 spiro atoms. The molecule has 2 rings (SSSR count). The van der Waals surface area contributed by atoms with E-state index >= 15 is 0 Å². The van der Waals surface area contributed by atoms with Crippen molar-refractivity contribution >= 4 is 11.8 Å². The highest BCUT2D eigenvalue weighted by molar-refractivity contribution is 5.90. The summed E-state index contributed by atoms with van der Waals surface area (Å²) in [5.74, 6) is -0.671. The molecule has 1 aliphatic heterocycles. The largest absolute Gasteiger partial charge is 0.476 e. The van der Waals surface area contributed by atoms with Crippen LogP contribution in [-0.2, 0) is 0 Å². The minimum Gasteiger partial charge on any atom is -0.476 e. The number of carbonyl (C=O) groups is 1. The molecule has 1 aromatic heterocycles. The number of nitrogens with zero attached hydrogens (tertiary/aromatic N) is 3. The average Bonchev–Trinajstić information content (AvgIpc) is 2.40. The van der Waals surface area contributed by atoms with Gasteiger partial charge in [0.1, 0.15) is 0 Å². The second-order valence-electron chi connectivity index (χ2n) is 4.84. The summed E-state index contributed by atoms with van der Waals surface area (Å²) < 4.78 is 0. The Kier molecular flexibility index (Phi) is 4.68. The lowest BCUT2D eigenvalue weighted by Gasteiger charge is -2.33. The molecule has 0 aliphatic carbocycles. The quantitative estimate of drug-likeness (QED) is 0.838. The summed E-state index contributed by atoms with van der Waals surface area (Å²) in [6, 6.07) is 0.245. The van der Waals surface area contributed by atoms with E-state index in [1.54, 1.807) is 0 Å². The third-order valence-corrected chi connectivity index (χ3v) is 3.29. The van der Waals surface area contributed by atoms with Gasteiger partial charge in [-0.2, -0.15) is 0 Å². The van der Waals surface area contributed by atoms with Gasteiger partial charge in [-0.05, 0) is 32.4 Å². The Morgan fingerprint density at radius 1 is 1.53 bits per heavy atom. The first-order valence-electron chi connectivity index (χ1n) is 6.74. The van der Waals surface area contributed by atoms with E-state index in [2.05, 4.69) is 27.1 Å². The van der Waals surface area contributed by atoms with Crippen molar-refractivity contribution in [2.45, 2.75) is 32.2 Å². The number of carboxylic acid groups (broad SMARTS) is 1. The Morgan fingerprint density at radius 2 is 2.32 bits per heavy atom. The van der Waals surface area contributed by atoms with Gasteiger partial charge < -0.3 is 15.3 Å². The third-order valence-electron chi connectivity index (χ3n) is 3.29. The van der Waals surface area contributed by atoms with Gasteiger partial charge in [0.25, 0.3) is 0 Å². The van der Waals surface area contributed by atoms with Gasteiger partial charge in [-0.15, -0.1) is 0 Å². The Balaban J connectivity index is 2.02. The van der Waals surface area contributed by atoms with Gasteiger partial charge >= 0.3 is 5.97 Å². The van der Waals surface area contributed by atoms with Crippen molar-refractivity contribution in [1.29, 1.82) is 0 Å². The number of hydrogen-bond donors (Lipinski definition) is 2. The average molecular weight is 264 g/mol. The lowest BCUT2D eigenvalue weighted by molar-refractivity contribution is 0.0691. The Hall–Kier alpha value is -1.69. The summed E-state index contributed by atoms with van der Waals surface area (Å²) in [6.07, 6.45) is 6.22. The first-order valence-corrected chi connectivity index (χ1v) is 6.74. The molecule has 2 heterocycles. The predicted molar refractivity (Wildman–Crippen MR) is 72.4 cm³/mol. The minimum absolute atomic E-state index is 0.00452. The van der Waals surface area contributed by atoms with Gasteiger partial charge in [0.2, 0.25) is 0 Å². The molecule has 0 radical (unpaired) electrons. The van der Waals surface area contributed by atoms with Crippen LogP contribution in [0.2, 0.25) is 0 Å². The number of anilines is 1. The van der Waals surface area contributed by atoms with Gasteiger partial charge in [-0.1, -0.05) is 6.92 Å². The molecular formula is C13H20N4O2. The molecule has 104 valence electrons. The van der Waals surface area contributed by atoms with E-state index in [4.69, 9.17) is 5.11 Å². The first kappa shape index (κ1) is 13.7. The van der Waals surface area contributed by atoms with Crippen molar-refractivity contribution in [1.82, 2.24) is 14.9 Å². The van der Waals surface area contributed by atoms with Crippen LogP contribution in [0, 0.1) is 0 Å². The van der Waals surface area contributed by atoms with Gasteiger partial charge in [-0.25, -0.2) is 14.8 Å². The number of piperidine rings is 1. The molecule has 2 N–H and O–H groups in total. The molecule has 6 nitrogen and oxygen atoms in total. The van der Waals surface area contributed by atoms with Gasteiger partial charge in [0.15, 0.2) is 11.5 Å². The third kappa shape index (κ3) is 3.64. The molecule has 1 unspecified atom stereocenters. The molecule has 0 bridgehead atoms. The molecule has 0 saturated carbocycles. The molecule has 0 amide bonds. The zero-order chi connectivity index (χ0) is 13.7. The maximum Gasteiger partial charge on any atom is 0.358 e. The number of aromatic carboxylic acids is 1. The van der Waals surface area contributed by atoms with Crippen molar-refractivity contribution in [3.05, 3.63) is 18.1 Å². The zero-order valence-electron chi connectivity index (χ0n) is 11.2. The summed E-state index contributed by atoms with van der Waals surface area (Å²) in [5.41, 5.74) is -0.00452. The van der Waals surface area contributed by atoms with Crippen LogP contribution < -0.4 is 5.32 Å². The highest BCUT2D eigenvalue weighted by Gasteiger charge is 2.21. The number of rotatable bonds is 5. The predicted octanol–water partition coefficient (Wildman–Crippen LogP) is 1.46. The molecule has 1 fully saturated rings. The van der Waals surface area contributed by atoms with Crippen LogP contribution in [0.1, 0.15) is 36.7 Å². The van der Waals surface area contributed by atoms with E-state index < -0.39 is 5.97 Å².